The molecule has 0 N–H and O–H groups in total. The number of hydrogen-bond acceptors (Lipinski definition) is 3. The number of carbonyl (C=O) groups excluding carboxylic acids is 2. The fourth-order valence-corrected chi connectivity index (χ4v) is 6.29. The number of amides is 2. The van der Waals surface area contributed by atoms with E-state index in [1.807, 2.05) is 28.1 Å². The molecule has 2 aromatic rings. The summed E-state index contributed by atoms with van der Waals surface area (Å²) in [5, 5.41) is 0.755. The maximum Gasteiger partial charge on any atom is 0.235 e. The molecule has 0 radical (unpaired) electrons. The molecule has 3 aliphatic rings. The van der Waals surface area contributed by atoms with Gasteiger partial charge in [0, 0.05) is 37.1 Å². The minimum atomic E-state index is 0.131. The van der Waals surface area contributed by atoms with Gasteiger partial charge in [-0.05, 0) is 70.8 Å². The van der Waals surface area contributed by atoms with Crippen LogP contribution in [0.3, 0.4) is 0 Å². The van der Waals surface area contributed by atoms with E-state index in [0.29, 0.717) is 25.4 Å². The minimum Gasteiger partial charge on any atom is -0.343 e. The lowest BCUT2D eigenvalue weighted by molar-refractivity contribution is -0.537. The SMILES string of the molecule is CC(=O)N1CCC(CC(=O)N2CC[N+](=C3c4ncc(Br)cc4CCc4cccc(Cl)c43)CC2)CC1. The second-order valence-electron chi connectivity index (χ2n) is 9.81. The molecule has 1 aromatic carbocycles. The van der Waals surface area contributed by atoms with Crippen molar-refractivity contribution >= 4 is 45.1 Å². The van der Waals surface area contributed by atoms with Crippen LogP contribution in [-0.2, 0) is 22.4 Å². The molecule has 184 valence electrons. The van der Waals surface area contributed by atoms with Crippen LogP contribution in [0.1, 0.15) is 48.6 Å². The van der Waals surface area contributed by atoms with Crippen LogP contribution in [0.25, 0.3) is 0 Å². The van der Waals surface area contributed by atoms with Gasteiger partial charge >= 0.3 is 0 Å². The molecule has 2 amide bonds. The molecule has 1 aliphatic carbocycles. The Hall–Kier alpha value is -2.25. The van der Waals surface area contributed by atoms with Crippen molar-refractivity contribution in [3.63, 3.8) is 0 Å². The molecular weight excluding hydrogens is 528 g/mol. The molecule has 0 unspecified atom stereocenters. The Balaban J connectivity index is 1.35. The average Bonchev–Trinajstić information content (AvgIpc) is 3.02. The summed E-state index contributed by atoms with van der Waals surface area (Å²) in [5.41, 5.74) is 5.64. The third kappa shape index (κ3) is 5.17. The monoisotopic (exact) mass is 557 g/mol. The second kappa shape index (κ2) is 10.4. The molecule has 35 heavy (non-hydrogen) atoms. The van der Waals surface area contributed by atoms with Crippen LogP contribution >= 0.6 is 27.5 Å². The highest BCUT2D eigenvalue weighted by Gasteiger charge is 2.34. The number of aromatic nitrogens is 1. The van der Waals surface area contributed by atoms with Gasteiger partial charge in [0.25, 0.3) is 0 Å². The van der Waals surface area contributed by atoms with Gasteiger partial charge < -0.3 is 9.80 Å². The molecule has 6 nitrogen and oxygen atoms in total. The van der Waals surface area contributed by atoms with Crippen LogP contribution < -0.4 is 0 Å². The van der Waals surface area contributed by atoms with Crippen LogP contribution in [-0.4, -0.2) is 76.2 Å². The summed E-state index contributed by atoms with van der Waals surface area (Å²) in [6, 6.07) is 8.32. The Kier molecular flexibility index (Phi) is 7.26. The predicted octanol–water partition coefficient (Wildman–Crippen LogP) is 3.94. The number of piperazine rings is 1. The summed E-state index contributed by atoms with van der Waals surface area (Å²) >= 11 is 10.4. The number of benzene rings is 1. The third-order valence-corrected chi connectivity index (χ3v) is 8.38. The molecule has 2 saturated heterocycles. The summed E-state index contributed by atoms with van der Waals surface area (Å²) in [4.78, 5) is 33.4. The summed E-state index contributed by atoms with van der Waals surface area (Å²) in [6.45, 7) is 6.05. The minimum absolute atomic E-state index is 0.131. The Labute approximate surface area is 220 Å². The molecule has 1 aromatic heterocycles. The average molecular weight is 559 g/mol. The number of nitrogens with zero attached hydrogens (tertiary/aromatic N) is 4. The van der Waals surface area contributed by atoms with E-state index in [-0.39, 0.29) is 11.8 Å². The summed E-state index contributed by atoms with van der Waals surface area (Å²) in [7, 11) is 0. The Bertz CT molecular complexity index is 1180. The van der Waals surface area contributed by atoms with Crippen molar-refractivity contribution in [3.8, 4) is 0 Å². The summed E-state index contributed by atoms with van der Waals surface area (Å²) in [5.74, 6) is 0.734. The molecular formula is C27H31BrClN4O2+. The largest absolute Gasteiger partial charge is 0.343 e. The quantitative estimate of drug-likeness (QED) is 0.525. The van der Waals surface area contributed by atoms with Gasteiger partial charge in [0.15, 0.2) is 13.1 Å². The van der Waals surface area contributed by atoms with E-state index < -0.39 is 0 Å². The lowest BCUT2D eigenvalue weighted by atomic mass is 9.93. The van der Waals surface area contributed by atoms with E-state index in [0.717, 1.165) is 78.3 Å². The highest BCUT2D eigenvalue weighted by atomic mass is 79.9. The Morgan fingerprint density at radius 2 is 1.80 bits per heavy atom. The highest BCUT2D eigenvalue weighted by Crippen LogP contribution is 2.31. The van der Waals surface area contributed by atoms with E-state index in [2.05, 4.69) is 32.6 Å². The number of hydrogen-bond donors (Lipinski definition) is 0. The van der Waals surface area contributed by atoms with E-state index >= 15 is 0 Å². The number of carbonyl (C=O) groups is 2. The molecule has 2 fully saturated rings. The van der Waals surface area contributed by atoms with Gasteiger partial charge in [0.2, 0.25) is 17.5 Å². The van der Waals surface area contributed by atoms with Gasteiger partial charge in [0.05, 0.1) is 23.7 Å². The van der Waals surface area contributed by atoms with Gasteiger partial charge in [0.1, 0.15) is 5.69 Å². The van der Waals surface area contributed by atoms with Crippen LogP contribution in [0, 0.1) is 5.92 Å². The fourth-order valence-electron chi connectivity index (χ4n) is 5.63. The van der Waals surface area contributed by atoms with Gasteiger partial charge in [-0.25, -0.2) is 9.56 Å². The van der Waals surface area contributed by atoms with Gasteiger partial charge in [-0.1, -0.05) is 23.7 Å². The summed E-state index contributed by atoms with van der Waals surface area (Å²) in [6.07, 6.45) is 6.10. The second-order valence-corrected chi connectivity index (χ2v) is 11.1. The van der Waals surface area contributed by atoms with Crippen molar-refractivity contribution in [2.45, 2.75) is 39.0 Å². The number of fused-ring (bicyclic) bond motifs is 2. The fraction of sp³-hybridized carbons (Fsp3) is 0.481. The lowest BCUT2D eigenvalue weighted by Crippen LogP contribution is -2.48. The van der Waals surface area contributed by atoms with Crippen LogP contribution in [0.15, 0.2) is 34.9 Å². The Morgan fingerprint density at radius 3 is 2.51 bits per heavy atom. The van der Waals surface area contributed by atoms with Crippen LogP contribution in [0.5, 0.6) is 0 Å². The topological polar surface area (TPSA) is 56.5 Å². The number of halogens is 2. The van der Waals surface area contributed by atoms with Gasteiger partial charge in [-0.2, -0.15) is 0 Å². The van der Waals surface area contributed by atoms with Crippen molar-refractivity contribution in [1.82, 2.24) is 14.8 Å². The number of pyridine rings is 1. The van der Waals surface area contributed by atoms with Crippen molar-refractivity contribution in [2.24, 2.45) is 5.92 Å². The van der Waals surface area contributed by atoms with E-state index in [9.17, 15) is 9.59 Å². The van der Waals surface area contributed by atoms with E-state index in [1.165, 1.54) is 11.1 Å². The normalized spacial score (nSPS) is 18.7. The molecule has 0 bridgehead atoms. The zero-order valence-corrected chi connectivity index (χ0v) is 22.4. The van der Waals surface area contributed by atoms with Gasteiger partial charge in [-0.3, -0.25) is 9.59 Å². The first-order valence-corrected chi connectivity index (χ1v) is 13.7. The zero-order valence-electron chi connectivity index (χ0n) is 20.1. The molecule has 3 heterocycles. The highest BCUT2D eigenvalue weighted by molar-refractivity contribution is 9.10. The number of piperidine rings is 1. The van der Waals surface area contributed by atoms with E-state index in [1.54, 1.807) is 6.92 Å². The molecule has 0 saturated carbocycles. The van der Waals surface area contributed by atoms with E-state index in [4.69, 9.17) is 16.6 Å². The number of aryl methyl sites for hydroxylation is 2. The predicted molar refractivity (Wildman–Crippen MR) is 140 cm³/mol. The van der Waals surface area contributed by atoms with Crippen molar-refractivity contribution in [2.75, 3.05) is 39.3 Å². The first-order chi connectivity index (χ1) is 16.9. The van der Waals surface area contributed by atoms with Crippen LogP contribution in [0.2, 0.25) is 5.02 Å². The van der Waals surface area contributed by atoms with Crippen molar-refractivity contribution < 1.29 is 14.2 Å². The maximum atomic E-state index is 13.1. The molecule has 2 aliphatic heterocycles. The first-order valence-electron chi connectivity index (χ1n) is 12.5. The number of likely N-dealkylation sites (tertiary alicyclic amines) is 1. The Morgan fingerprint density at radius 1 is 1.09 bits per heavy atom. The molecule has 0 spiro atoms. The lowest BCUT2D eigenvalue weighted by Gasteiger charge is -2.33. The van der Waals surface area contributed by atoms with Crippen molar-refractivity contribution in [3.05, 3.63) is 62.3 Å². The van der Waals surface area contributed by atoms with Crippen molar-refractivity contribution in [1.29, 1.82) is 0 Å². The first kappa shape index (κ1) is 24.4. The molecule has 5 rings (SSSR count). The molecule has 8 heteroatoms. The number of rotatable bonds is 2. The molecule has 0 atom stereocenters. The standard InChI is InChI=1S/C27H31BrClN4O2/c1-18(34)31-9-7-19(8-10-31)15-24(35)32-11-13-33(14-12-32)27-25-20(3-2-4-23(25)29)5-6-21-16-22(28)17-30-26(21)27/h2-4,16-17,19H,5-15H2,1H3/q+1. The zero-order chi connectivity index (χ0) is 24.5. The third-order valence-electron chi connectivity index (χ3n) is 7.63. The van der Waals surface area contributed by atoms with Gasteiger partial charge in [-0.15, -0.1) is 0 Å². The summed E-state index contributed by atoms with van der Waals surface area (Å²) < 4.78 is 3.35. The van der Waals surface area contributed by atoms with Crippen LogP contribution in [0.4, 0.5) is 0 Å². The maximum absolute atomic E-state index is 13.1. The smallest absolute Gasteiger partial charge is 0.235 e.